The standard InChI is InChI=1S/C16H16BrNOS/c17-15-3-1-13(2-4-15)16(19)18-8-5-12(6-9-18)14-7-10-20-11-14/h1-4,7,10-12H,5-6,8-9H2. The van der Waals surface area contributed by atoms with E-state index in [1.807, 2.05) is 29.2 Å². The summed E-state index contributed by atoms with van der Waals surface area (Å²) in [5, 5.41) is 4.37. The maximum Gasteiger partial charge on any atom is 0.253 e. The minimum atomic E-state index is 0.154. The number of piperidine rings is 1. The summed E-state index contributed by atoms with van der Waals surface area (Å²) >= 11 is 5.15. The van der Waals surface area contributed by atoms with Gasteiger partial charge in [0.25, 0.3) is 5.91 Å². The quantitative estimate of drug-likeness (QED) is 0.779. The number of carbonyl (C=O) groups is 1. The summed E-state index contributed by atoms with van der Waals surface area (Å²) in [7, 11) is 0. The number of benzene rings is 1. The largest absolute Gasteiger partial charge is 0.339 e. The Bertz CT molecular complexity index is 571. The zero-order chi connectivity index (χ0) is 13.9. The summed E-state index contributed by atoms with van der Waals surface area (Å²) < 4.78 is 1.00. The van der Waals surface area contributed by atoms with Gasteiger partial charge < -0.3 is 4.90 Å². The van der Waals surface area contributed by atoms with Gasteiger partial charge in [-0.2, -0.15) is 11.3 Å². The van der Waals surface area contributed by atoms with Crippen LogP contribution in [0.4, 0.5) is 0 Å². The monoisotopic (exact) mass is 349 g/mol. The van der Waals surface area contributed by atoms with E-state index in [0.717, 1.165) is 36.0 Å². The summed E-state index contributed by atoms with van der Waals surface area (Å²) in [4.78, 5) is 14.4. The van der Waals surface area contributed by atoms with Gasteiger partial charge in [-0.1, -0.05) is 15.9 Å². The third-order valence-corrected chi connectivity index (χ3v) is 5.12. The summed E-state index contributed by atoms with van der Waals surface area (Å²) in [5.74, 6) is 0.775. The highest BCUT2D eigenvalue weighted by molar-refractivity contribution is 9.10. The van der Waals surface area contributed by atoms with E-state index in [2.05, 4.69) is 32.8 Å². The van der Waals surface area contributed by atoms with Crippen molar-refractivity contribution in [2.75, 3.05) is 13.1 Å². The highest BCUT2D eigenvalue weighted by Gasteiger charge is 2.24. The molecule has 1 aliphatic rings. The van der Waals surface area contributed by atoms with Crippen molar-refractivity contribution >= 4 is 33.2 Å². The van der Waals surface area contributed by atoms with E-state index in [0.29, 0.717) is 5.92 Å². The molecule has 104 valence electrons. The molecule has 3 rings (SSSR count). The normalized spacial score (nSPS) is 16.4. The minimum absolute atomic E-state index is 0.154. The molecule has 1 fully saturated rings. The van der Waals surface area contributed by atoms with Crippen LogP contribution in [0, 0.1) is 0 Å². The van der Waals surface area contributed by atoms with Crippen LogP contribution in [-0.2, 0) is 0 Å². The van der Waals surface area contributed by atoms with Crippen molar-refractivity contribution in [3.8, 4) is 0 Å². The lowest BCUT2D eigenvalue weighted by atomic mass is 9.91. The van der Waals surface area contributed by atoms with Crippen LogP contribution in [0.25, 0.3) is 0 Å². The maximum absolute atomic E-state index is 12.4. The molecule has 1 saturated heterocycles. The Morgan fingerprint density at radius 2 is 1.85 bits per heavy atom. The van der Waals surface area contributed by atoms with Crippen LogP contribution in [0.1, 0.15) is 34.7 Å². The number of thiophene rings is 1. The molecule has 0 bridgehead atoms. The van der Waals surface area contributed by atoms with Gasteiger partial charge >= 0.3 is 0 Å². The van der Waals surface area contributed by atoms with Crippen molar-refractivity contribution in [3.05, 3.63) is 56.7 Å². The van der Waals surface area contributed by atoms with Crippen molar-refractivity contribution in [2.24, 2.45) is 0 Å². The fraction of sp³-hybridized carbons (Fsp3) is 0.312. The number of hydrogen-bond acceptors (Lipinski definition) is 2. The fourth-order valence-electron chi connectivity index (χ4n) is 2.70. The third-order valence-electron chi connectivity index (χ3n) is 3.89. The van der Waals surface area contributed by atoms with Gasteiger partial charge in [-0.3, -0.25) is 4.79 Å². The van der Waals surface area contributed by atoms with Gasteiger partial charge in [-0.25, -0.2) is 0 Å². The van der Waals surface area contributed by atoms with Crippen molar-refractivity contribution < 1.29 is 4.79 Å². The summed E-state index contributed by atoms with van der Waals surface area (Å²) in [6.07, 6.45) is 2.14. The molecule has 1 aliphatic heterocycles. The number of carbonyl (C=O) groups excluding carboxylic acids is 1. The molecule has 2 nitrogen and oxygen atoms in total. The number of nitrogens with zero attached hydrogens (tertiary/aromatic N) is 1. The van der Waals surface area contributed by atoms with E-state index in [9.17, 15) is 4.79 Å². The summed E-state index contributed by atoms with van der Waals surface area (Å²) in [6.45, 7) is 1.71. The lowest BCUT2D eigenvalue weighted by Crippen LogP contribution is -2.37. The van der Waals surface area contributed by atoms with Crippen LogP contribution >= 0.6 is 27.3 Å². The van der Waals surface area contributed by atoms with Gasteiger partial charge in [0.1, 0.15) is 0 Å². The molecule has 1 aromatic carbocycles. The zero-order valence-electron chi connectivity index (χ0n) is 11.1. The van der Waals surface area contributed by atoms with Crippen LogP contribution in [0.3, 0.4) is 0 Å². The molecular weight excluding hydrogens is 334 g/mol. The Hall–Kier alpha value is -1.13. The van der Waals surface area contributed by atoms with E-state index in [1.165, 1.54) is 5.56 Å². The fourth-order valence-corrected chi connectivity index (χ4v) is 3.71. The Morgan fingerprint density at radius 1 is 1.15 bits per heavy atom. The van der Waals surface area contributed by atoms with Gasteiger partial charge in [-0.15, -0.1) is 0 Å². The lowest BCUT2D eigenvalue weighted by molar-refractivity contribution is 0.0713. The first-order valence-electron chi connectivity index (χ1n) is 6.81. The van der Waals surface area contributed by atoms with E-state index >= 15 is 0 Å². The maximum atomic E-state index is 12.4. The van der Waals surface area contributed by atoms with Crippen LogP contribution in [0.5, 0.6) is 0 Å². The van der Waals surface area contributed by atoms with Crippen molar-refractivity contribution in [3.63, 3.8) is 0 Å². The molecule has 0 aliphatic carbocycles. The molecule has 0 spiro atoms. The first kappa shape index (κ1) is 13.8. The van der Waals surface area contributed by atoms with E-state index in [1.54, 1.807) is 11.3 Å². The second-order valence-corrected chi connectivity index (χ2v) is 6.83. The number of hydrogen-bond donors (Lipinski definition) is 0. The minimum Gasteiger partial charge on any atom is -0.339 e. The molecule has 0 N–H and O–H groups in total. The molecule has 2 aromatic rings. The second-order valence-electron chi connectivity index (χ2n) is 5.13. The molecule has 1 aromatic heterocycles. The number of rotatable bonds is 2. The number of likely N-dealkylation sites (tertiary alicyclic amines) is 1. The van der Waals surface area contributed by atoms with Crippen molar-refractivity contribution in [1.29, 1.82) is 0 Å². The summed E-state index contributed by atoms with van der Waals surface area (Å²) in [6, 6.07) is 9.83. The smallest absolute Gasteiger partial charge is 0.253 e. The molecule has 20 heavy (non-hydrogen) atoms. The predicted octanol–water partition coefficient (Wildman–Crippen LogP) is 4.53. The van der Waals surface area contributed by atoms with Crippen LogP contribution in [0.2, 0.25) is 0 Å². The topological polar surface area (TPSA) is 20.3 Å². The van der Waals surface area contributed by atoms with E-state index < -0.39 is 0 Å². The predicted molar refractivity (Wildman–Crippen MR) is 86.3 cm³/mol. The Morgan fingerprint density at radius 3 is 2.45 bits per heavy atom. The average molecular weight is 350 g/mol. The molecule has 2 heterocycles. The van der Waals surface area contributed by atoms with Crippen molar-refractivity contribution in [1.82, 2.24) is 4.90 Å². The van der Waals surface area contributed by atoms with Gasteiger partial charge in [0, 0.05) is 23.1 Å². The van der Waals surface area contributed by atoms with E-state index in [-0.39, 0.29) is 5.91 Å². The Kier molecular flexibility index (Phi) is 4.22. The Balaban J connectivity index is 1.63. The Labute approximate surface area is 131 Å². The van der Waals surface area contributed by atoms with Crippen LogP contribution in [-0.4, -0.2) is 23.9 Å². The van der Waals surface area contributed by atoms with Gasteiger partial charge in [-0.05, 0) is 65.4 Å². The third kappa shape index (κ3) is 2.96. The van der Waals surface area contributed by atoms with Gasteiger partial charge in [0.05, 0.1) is 0 Å². The van der Waals surface area contributed by atoms with E-state index in [4.69, 9.17) is 0 Å². The zero-order valence-corrected chi connectivity index (χ0v) is 13.5. The lowest BCUT2D eigenvalue weighted by Gasteiger charge is -2.32. The van der Waals surface area contributed by atoms with Crippen LogP contribution in [0.15, 0.2) is 45.6 Å². The average Bonchev–Trinajstić information content (AvgIpc) is 3.02. The SMILES string of the molecule is O=C(c1ccc(Br)cc1)N1CCC(c2ccsc2)CC1. The molecule has 0 unspecified atom stereocenters. The highest BCUT2D eigenvalue weighted by Crippen LogP contribution is 2.30. The molecule has 1 amide bonds. The number of amides is 1. The highest BCUT2D eigenvalue weighted by atomic mass is 79.9. The molecule has 0 radical (unpaired) electrons. The first-order valence-corrected chi connectivity index (χ1v) is 8.54. The van der Waals surface area contributed by atoms with Gasteiger partial charge in [0.2, 0.25) is 0 Å². The molecule has 4 heteroatoms. The van der Waals surface area contributed by atoms with Crippen LogP contribution < -0.4 is 0 Å². The van der Waals surface area contributed by atoms with Crippen molar-refractivity contribution in [2.45, 2.75) is 18.8 Å². The number of halogens is 1. The molecule has 0 saturated carbocycles. The first-order chi connectivity index (χ1) is 9.74. The summed E-state index contributed by atoms with van der Waals surface area (Å²) in [5.41, 5.74) is 2.22. The second kappa shape index (κ2) is 6.10. The molecular formula is C16H16BrNOS. The van der Waals surface area contributed by atoms with Gasteiger partial charge in [0.15, 0.2) is 0 Å². The molecule has 0 atom stereocenters.